The minimum atomic E-state index is -0.639. The lowest BCUT2D eigenvalue weighted by molar-refractivity contribution is 0.177. The van der Waals surface area contributed by atoms with E-state index < -0.39 is 11.9 Å². The Bertz CT molecular complexity index is 243. The number of ether oxygens (including phenoxy) is 1. The van der Waals surface area contributed by atoms with Gasteiger partial charge in [-0.15, -0.1) is 0 Å². The second kappa shape index (κ2) is 7.12. The van der Waals surface area contributed by atoms with E-state index in [-0.39, 0.29) is 5.76 Å². The summed E-state index contributed by atoms with van der Waals surface area (Å²) >= 11 is 0. The van der Waals surface area contributed by atoms with E-state index >= 15 is 0 Å². The predicted octanol–water partition coefficient (Wildman–Crippen LogP) is 2.90. The maximum atomic E-state index is 12.8. The van der Waals surface area contributed by atoms with Crippen molar-refractivity contribution in [2.24, 2.45) is 0 Å². The zero-order valence-electron chi connectivity index (χ0n) is 8.76. The van der Waals surface area contributed by atoms with Gasteiger partial charge in [0, 0.05) is 6.54 Å². The number of hydrogen-bond acceptors (Lipinski definition) is 2. The quantitative estimate of drug-likeness (QED) is 0.561. The van der Waals surface area contributed by atoms with Gasteiger partial charge in [-0.25, -0.2) is 9.18 Å². The van der Waals surface area contributed by atoms with Crippen molar-refractivity contribution < 1.29 is 13.9 Å². The molecule has 0 aliphatic rings. The van der Waals surface area contributed by atoms with Crippen LogP contribution in [0.2, 0.25) is 0 Å². The van der Waals surface area contributed by atoms with Crippen molar-refractivity contribution in [2.75, 3.05) is 6.54 Å². The van der Waals surface area contributed by atoms with Gasteiger partial charge in [0.15, 0.2) is 5.76 Å². The van der Waals surface area contributed by atoms with E-state index in [0.29, 0.717) is 6.54 Å². The van der Waals surface area contributed by atoms with E-state index in [1.807, 2.05) is 6.92 Å². The Kier molecular flexibility index (Phi) is 6.45. The lowest BCUT2D eigenvalue weighted by atomic mass is 10.3. The van der Waals surface area contributed by atoms with E-state index in [1.165, 1.54) is 13.0 Å². The lowest BCUT2D eigenvalue weighted by Crippen LogP contribution is -2.23. The van der Waals surface area contributed by atoms with Crippen LogP contribution in [0, 0.1) is 0 Å². The van der Waals surface area contributed by atoms with Crippen molar-refractivity contribution in [1.82, 2.24) is 5.32 Å². The highest BCUT2D eigenvalue weighted by molar-refractivity contribution is 5.68. The van der Waals surface area contributed by atoms with Gasteiger partial charge in [0.2, 0.25) is 0 Å². The molecule has 0 saturated heterocycles. The molecular formula is C10H16FNO2. The van der Waals surface area contributed by atoms with Gasteiger partial charge in [-0.2, -0.15) is 0 Å². The van der Waals surface area contributed by atoms with Gasteiger partial charge in [0.1, 0.15) is 5.83 Å². The van der Waals surface area contributed by atoms with E-state index in [2.05, 4.69) is 5.32 Å². The molecule has 3 nitrogen and oxygen atoms in total. The van der Waals surface area contributed by atoms with Gasteiger partial charge in [-0.05, 0) is 26.3 Å². The number of carbonyl (C=O) groups excluding carboxylic acids is 1. The molecule has 1 amide bonds. The van der Waals surface area contributed by atoms with Crippen LogP contribution in [0.25, 0.3) is 0 Å². The molecule has 0 saturated carbocycles. The highest BCUT2D eigenvalue weighted by Gasteiger charge is 2.05. The minimum absolute atomic E-state index is 0.0437. The Morgan fingerprint density at radius 1 is 1.50 bits per heavy atom. The third-order valence-corrected chi connectivity index (χ3v) is 1.37. The van der Waals surface area contributed by atoms with Gasteiger partial charge in [0.05, 0.1) is 0 Å². The summed E-state index contributed by atoms with van der Waals surface area (Å²) in [6.07, 6.45) is 3.29. The maximum Gasteiger partial charge on any atom is 0.412 e. The van der Waals surface area contributed by atoms with Crippen LogP contribution in [-0.2, 0) is 4.74 Å². The molecule has 0 atom stereocenters. The van der Waals surface area contributed by atoms with Crippen LogP contribution < -0.4 is 5.32 Å². The van der Waals surface area contributed by atoms with Gasteiger partial charge in [-0.3, -0.25) is 0 Å². The number of halogens is 1. The number of carbonyl (C=O) groups is 1. The van der Waals surface area contributed by atoms with Crippen LogP contribution in [0.15, 0.2) is 23.7 Å². The van der Waals surface area contributed by atoms with Gasteiger partial charge in [0.25, 0.3) is 0 Å². The first kappa shape index (κ1) is 12.7. The third kappa shape index (κ3) is 5.35. The molecule has 4 heteroatoms. The van der Waals surface area contributed by atoms with Crippen LogP contribution in [0.5, 0.6) is 0 Å². The highest BCUT2D eigenvalue weighted by atomic mass is 19.1. The molecule has 0 aliphatic heterocycles. The number of allylic oxidation sites excluding steroid dienone is 3. The standard InChI is InChI=1S/C10H16FNO2/c1-4-6-7-9(8(3)11)14-10(13)12-5-2/h6-7H,4-5H2,1-3H3,(H,12,13)/b7-6-,9-8-. The number of alkyl carbamates (subject to hydrolysis) is 1. The molecule has 0 aromatic carbocycles. The largest absolute Gasteiger partial charge is 0.412 e. The molecule has 0 spiro atoms. The van der Waals surface area contributed by atoms with E-state index in [4.69, 9.17) is 4.74 Å². The molecule has 14 heavy (non-hydrogen) atoms. The van der Waals surface area contributed by atoms with E-state index in [9.17, 15) is 9.18 Å². The summed E-state index contributed by atoms with van der Waals surface area (Å²) in [5.41, 5.74) is 0. The molecule has 0 unspecified atom stereocenters. The average molecular weight is 201 g/mol. The van der Waals surface area contributed by atoms with E-state index in [1.54, 1.807) is 13.0 Å². The first-order chi connectivity index (χ1) is 6.61. The van der Waals surface area contributed by atoms with Crippen molar-refractivity contribution >= 4 is 6.09 Å². The molecule has 0 aromatic rings. The Hall–Kier alpha value is -1.32. The Labute approximate surface area is 83.6 Å². The zero-order chi connectivity index (χ0) is 11.0. The molecule has 0 bridgehead atoms. The summed E-state index contributed by atoms with van der Waals surface area (Å²) in [5, 5.41) is 2.41. The summed E-state index contributed by atoms with van der Waals surface area (Å²) in [4.78, 5) is 11.0. The van der Waals surface area contributed by atoms with Crippen molar-refractivity contribution in [3.63, 3.8) is 0 Å². The van der Waals surface area contributed by atoms with Gasteiger partial charge < -0.3 is 10.1 Å². The first-order valence-corrected chi connectivity index (χ1v) is 4.60. The molecule has 0 aromatic heterocycles. The third-order valence-electron chi connectivity index (χ3n) is 1.37. The summed E-state index contributed by atoms with van der Waals surface area (Å²) in [5.74, 6) is -0.557. The Morgan fingerprint density at radius 2 is 2.14 bits per heavy atom. The number of nitrogens with one attached hydrogen (secondary N) is 1. The Morgan fingerprint density at radius 3 is 2.57 bits per heavy atom. The fraction of sp³-hybridized carbons (Fsp3) is 0.500. The molecule has 0 radical (unpaired) electrons. The fourth-order valence-electron chi connectivity index (χ4n) is 0.724. The zero-order valence-corrected chi connectivity index (χ0v) is 8.76. The van der Waals surface area contributed by atoms with Crippen LogP contribution in [0.3, 0.4) is 0 Å². The molecule has 0 rings (SSSR count). The molecular weight excluding hydrogens is 185 g/mol. The van der Waals surface area contributed by atoms with Gasteiger partial charge in [-0.1, -0.05) is 13.0 Å². The minimum Gasteiger partial charge on any atom is -0.408 e. The molecule has 0 heterocycles. The number of hydrogen-bond donors (Lipinski definition) is 1. The van der Waals surface area contributed by atoms with Crippen molar-refractivity contribution in [3.05, 3.63) is 23.7 Å². The van der Waals surface area contributed by atoms with Crippen molar-refractivity contribution in [3.8, 4) is 0 Å². The molecule has 1 N–H and O–H groups in total. The topological polar surface area (TPSA) is 38.3 Å². The van der Waals surface area contributed by atoms with E-state index in [0.717, 1.165) is 6.42 Å². The molecule has 80 valence electrons. The maximum absolute atomic E-state index is 12.8. The molecule has 0 aliphatic carbocycles. The smallest absolute Gasteiger partial charge is 0.408 e. The normalized spacial score (nSPS) is 12.6. The average Bonchev–Trinajstić information content (AvgIpc) is 2.12. The van der Waals surface area contributed by atoms with Crippen LogP contribution in [0.1, 0.15) is 27.2 Å². The fourth-order valence-corrected chi connectivity index (χ4v) is 0.724. The van der Waals surface area contributed by atoms with Crippen molar-refractivity contribution in [1.29, 1.82) is 0 Å². The summed E-state index contributed by atoms with van der Waals surface area (Å²) in [6, 6.07) is 0. The second-order valence-electron chi connectivity index (χ2n) is 2.63. The van der Waals surface area contributed by atoms with Gasteiger partial charge >= 0.3 is 6.09 Å². The lowest BCUT2D eigenvalue weighted by Gasteiger charge is -2.05. The summed E-state index contributed by atoms with van der Waals surface area (Å²) < 4.78 is 17.5. The SMILES string of the molecule is CC/C=C\C(OC(=O)NCC)=C(/C)F. The first-order valence-electron chi connectivity index (χ1n) is 4.60. The Balaban J connectivity index is 4.33. The van der Waals surface area contributed by atoms with Crippen LogP contribution >= 0.6 is 0 Å². The summed E-state index contributed by atoms with van der Waals surface area (Å²) in [7, 11) is 0. The van der Waals surface area contributed by atoms with Crippen molar-refractivity contribution in [2.45, 2.75) is 27.2 Å². The summed E-state index contributed by atoms with van der Waals surface area (Å²) in [6.45, 7) is 5.37. The molecule has 0 fully saturated rings. The number of amides is 1. The predicted molar refractivity (Wildman–Crippen MR) is 53.4 cm³/mol. The highest BCUT2D eigenvalue weighted by Crippen LogP contribution is 2.09. The monoisotopic (exact) mass is 201 g/mol. The van der Waals surface area contributed by atoms with Crippen LogP contribution in [0.4, 0.5) is 9.18 Å². The number of rotatable bonds is 4. The second-order valence-corrected chi connectivity index (χ2v) is 2.63. The van der Waals surface area contributed by atoms with Crippen LogP contribution in [-0.4, -0.2) is 12.6 Å².